The van der Waals surface area contributed by atoms with Crippen LogP contribution in [0.2, 0.25) is 0 Å². The zero-order valence-corrected chi connectivity index (χ0v) is 29.8. The fourth-order valence-electron chi connectivity index (χ4n) is 3.88. The first-order chi connectivity index (χ1) is 21.3. The van der Waals surface area contributed by atoms with Crippen molar-refractivity contribution >= 4 is 16.1 Å². The first-order valence-electron chi connectivity index (χ1n) is 17.0. The van der Waals surface area contributed by atoms with Gasteiger partial charge in [-0.25, -0.2) is 8.42 Å². The summed E-state index contributed by atoms with van der Waals surface area (Å²) in [5, 5.41) is 36.1. The minimum atomic E-state index is -4.27. The van der Waals surface area contributed by atoms with E-state index in [0.29, 0.717) is 25.7 Å². The molecule has 3 N–H and O–H groups in total. The predicted octanol–water partition coefficient (Wildman–Crippen LogP) is 6.30. The van der Waals surface area contributed by atoms with Crippen LogP contribution < -0.4 is 5.11 Å². The third kappa shape index (κ3) is 42.4. The Balaban J connectivity index is -0.000000531. The van der Waals surface area contributed by atoms with E-state index in [9.17, 15) is 28.0 Å². The van der Waals surface area contributed by atoms with E-state index in [1.165, 1.54) is 82.8 Å². The molecule has 1 rings (SSSR count). The summed E-state index contributed by atoms with van der Waals surface area (Å²) < 4.78 is 36.1. The number of carbonyl (C=O) groups is 1. The van der Waals surface area contributed by atoms with E-state index < -0.39 is 16.1 Å². The summed E-state index contributed by atoms with van der Waals surface area (Å²) in [5.74, 6) is -0.480. The minimum Gasteiger partial charge on any atom is -0.744 e. The molecular weight excluding hydrogens is 596 g/mol. The number of rotatable bonds is 23. The Labute approximate surface area is 275 Å². The second-order valence-electron chi connectivity index (χ2n) is 11.8. The Morgan fingerprint density at radius 1 is 0.778 bits per heavy atom. The lowest BCUT2D eigenvalue weighted by Gasteiger charge is -2.09. The normalized spacial score (nSPS) is 11.4. The fraction of sp³-hybridized carbons (Fsp3) is 0.800. The van der Waals surface area contributed by atoms with Gasteiger partial charge in [0.15, 0.2) is 0 Å². The van der Waals surface area contributed by atoms with Crippen LogP contribution >= 0.6 is 0 Å². The molecule has 0 aliphatic carbocycles. The highest BCUT2D eigenvalue weighted by Gasteiger charge is 2.02. The van der Waals surface area contributed by atoms with Crippen LogP contribution in [-0.2, 0) is 19.6 Å². The van der Waals surface area contributed by atoms with Crippen LogP contribution in [-0.4, -0.2) is 66.8 Å². The molecule has 0 bridgehead atoms. The highest BCUT2D eigenvalue weighted by atomic mass is 32.2. The Bertz CT molecular complexity index is 821. The van der Waals surface area contributed by atoms with E-state index in [-0.39, 0.29) is 24.0 Å². The zero-order chi connectivity index (χ0) is 34.8. The summed E-state index contributed by atoms with van der Waals surface area (Å²) in [4.78, 5) is 9.61. The van der Waals surface area contributed by atoms with Gasteiger partial charge in [-0.05, 0) is 50.7 Å². The molecule has 0 heterocycles. The van der Waals surface area contributed by atoms with Crippen molar-refractivity contribution in [1.29, 1.82) is 0 Å². The molecule has 0 aromatic heterocycles. The lowest BCUT2D eigenvalue weighted by atomic mass is 10.1. The first-order valence-corrected chi connectivity index (χ1v) is 18.5. The lowest BCUT2D eigenvalue weighted by Crippen LogP contribution is -2.22. The summed E-state index contributed by atoms with van der Waals surface area (Å²) in [6.45, 7) is 11.3. The first kappa shape index (κ1) is 47.8. The van der Waals surface area contributed by atoms with Crippen molar-refractivity contribution in [3.8, 4) is 0 Å². The van der Waals surface area contributed by atoms with Gasteiger partial charge >= 0.3 is 0 Å². The van der Waals surface area contributed by atoms with E-state index in [1.807, 2.05) is 20.8 Å². The number of ether oxygens (including phenoxy) is 1. The maximum atomic E-state index is 10.4. The fourth-order valence-corrected chi connectivity index (χ4v) is 4.35. The zero-order valence-electron chi connectivity index (χ0n) is 29.0. The van der Waals surface area contributed by atoms with Crippen LogP contribution in [0.25, 0.3) is 0 Å². The highest BCUT2D eigenvalue weighted by molar-refractivity contribution is 7.85. The number of carboxylic acids is 1. The Morgan fingerprint density at radius 2 is 1.24 bits per heavy atom. The Hall–Kier alpha value is -1.56. The van der Waals surface area contributed by atoms with Crippen molar-refractivity contribution in [3.63, 3.8) is 0 Å². The van der Waals surface area contributed by atoms with Crippen LogP contribution in [0.5, 0.6) is 0 Å². The van der Waals surface area contributed by atoms with Crippen molar-refractivity contribution in [3.05, 3.63) is 29.8 Å². The Kier molecular flexibility index (Phi) is 37.5. The largest absolute Gasteiger partial charge is 0.744 e. The van der Waals surface area contributed by atoms with Crippen molar-refractivity contribution in [2.24, 2.45) is 5.92 Å². The predicted molar refractivity (Wildman–Crippen MR) is 180 cm³/mol. The number of unbranched alkanes of at least 4 members (excludes halogenated alkanes) is 12. The number of aliphatic carboxylic acids is 1. The molecule has 1 unspecified atom stereocenters. The van der Waals surface area contributed by atoms with Gasteiger partial charge in [0.2, 0.25) is 0 Å². The van der Waals surface area contributed by atoms with Gasteiger partial charge in [-0.3, -0.25) is 0 Å². The number of hydrogen-bond donors (Lipinski definition) is 3. The van der Waals surface area contributed by atoms with Gasteiger partial charge in [-0.15, -0.1) is 0 Å². The third-order valence-electron chi connectivity index (χ3n) is 6.68. The lowest BCUT2D eigenvalue weighted by molar-refractivity contribution is -0.306. The SMILES string of the molecule is CC(C)CCC(=O)[O-].CCCCCC(O)COCCO.CCCCCCCCCCCCCO.Cc1ccc(S(=O)(=O)[O-])cc1. The average Bonchev–Trinajstić information content (AvgIpc) is 2.98. The van der Waals surface area contributed by atoms with Crippen LogP contribution in [0.15, 0.2) is 29.2 Å². The molecular formula is C35H66O9S-2. The molecule has 45 heavy (non-hydrogen) atoms. The average molecular weight is 663 g/mol. The van der Waals surface area contributed by atoms with Crippen LogP contribution in [0.1, 0.15) is 142 Å². The maximum absolute atomic E-state index is 10.4. The van der Waals surface area contributed by atoms with Crippen molar-refractivity contribution in [2.75, 3.05) is 26.4 Å². The van der Waals surface area contributed by atoms with Gasteiger partial charge < -0.3 is 34.5 Å². The van der Waals surface area contributed by atoms with Crippen LogP contribution in [0.4, 0.5) is 0 Å². The second kappa shape index (κ2) is 35.3. The van der Waals surface area contributed by atoms with Gasteiger partial charge in [-0.1, -0.05) is 129 Å². The maximum Gasteiger partial charge on any atom is 0.124 e. The molecule has 1 atom stereocenters. The van der Waals surface area contributed by atoms with E-state index in [2.05, 4.69) is 13.8 Å². The number of aryl methyl sites for hydroxylation is 1. The standard InChI is InChI=1S/C13H28O.C9H20O3.C7H8O3S.C6H12O2/c1-2-3-4-5-6-7-8-9-10-11-12-13-14;1-2-3-4-5-9(11)8-12-7-6-10;1-6-2-4-7(5-3-6)11(8,9)10;1-5(2)3-4-6(7)8/h14H,2-13H2,1H3;9-11H,2-8H2,1H3;2-5H,1H3,(H,8,9,10);5H,3-4H2,1-2H3,(H,7,8)/p-2. The number of carboxylic acid groups (broad SMARTS) is 1. The van der Waals surface area contributed by atoms with E-state index in [1.54, 1.807) is 12.1 Å². The molecule has 0 saturated heterocycles. The number of benzene rings is 1. The molecule has 1 aromatic carbocycles. The summed E-state index contributed by atoms with van der Waals surface area (Å²) >= 11 is 0. The summed E-state index contributed by atoms with van der Waals surface area (Å²) in [7, 11) is -4.27. The van der Waals surface area contributed by atoms with Crippen molar-refractivity contribution in [2.45, 2.75) is 155 Å². The van der Waals surface area contributed by atoms with Gasteiger partial charge in [0.05, 0.1) is 30.8 Å². The smallest absolute Gasteiger partial charge is 0.124 e. The van der Waals surface area contributed by atoms with Gasteiger partial charge in [-0.2, -0.15) is 0 Å². The summed E-state index contributed by atoms with van der Waals surface area (Å²) in [5.41, 5.74) is 0.928. The van der Waals surface area contributed by atoms with Crippen LogP contribution in [0, 0.1) is 12.8 Å². The number of hydrogen-bond acceptors (Lipinski definition) is 9. The third-order valence-corrected chi connectivity index (χ3v) is 7.53. The number of aliphatic hydroxyl groups excluding tert-OH is 3. The molecule has 0 saturated carbocycles. The topological polar surface area (TPSA) is 167 Å². The monoisotopic (exact) mass is 662 g/mol. The van der Waals surface area contributed by atoms with E-state index >= 15 is 0 Å². The Morgan fingerprint density at radius 3 is 1.62 bits per heavy atom. The highest BCUT2D eigenvalue weighted by Crippen LogP contribution is 2.11. The van der Waals surface area contributed by atoms with E-state index in [4.69, 9.17) is 14.9 Å². The summed E-state index contributed by atoms with van der Waals surface area (Å²) in [6, 6.07) is 5.78. The molecule has 9 nitrogen and oxygen atoms in total. The quantitative estimate of drug-likeness (QED) is 0.0900. The molecule has 0 fully saturated rings. The molecule has 1 aromatic rings. The van der Waals surface area contributed by atoms with Crippen molar-refractivity contribution in [1.82, 2.24) is 0 Å². The van der Waals surface area contributed by atoms with Gasteiger partial charge in [0.1, 0.15) is 10.1 Å². The molecule has 0 amide bonds. The molecule has 0 aliphatic rings. The minimum absolute atomic E-state index is 0.0294. The van der Waals surface area contributed by atoms with Gasteiger partial charge in [0, 0.05) is 12.6 Å². The summed E-state index contributed by atoms with van der Waals surface area (Å²) in [6.07, 6.45) is 19.5. The van der Waals surface area contributed by atoms with E-state index in [0.717, 1.165) is 37.7 Å². The molecule has 0 radical (unpaired) electrons. The van der Waals surface area contributed by atoms with Crippen LogP contribution in [0.3, 0.4) is 0 Å². The molecule has 0 aliphatic heterocycles. The second-order valence-corrected chi connectivity index (χ2v) is 13.2. The molecule has 10 heteroatoms. The molecule has 268 valence electrons. The number of carbonyl (C=O) groups excluding carboxylic acids is 1. The molecule has 0 spiro atoms. The van der Waals surface area contributed by atoms with Gasteiger partial charge in [0.25, 0.3) is 0 Å². The number of aliphatic hydroxyl groups is 3. The van der Waals surface area contributed by atoms with Crippen molar-refractivity contribution < 1.29 is 42.9 Å².